The van der Waals surface area contributed by atoms with Crippen molar-refractivity contribution in [2.75, 3.05) is 40.4 Å². The lowest BCUT2D eigenvalue weighted by molar-refractivity contribution is -0.188. The lowest BCUT2D eigenvalue weighted by atomic mass is 10.1. The van der Waals surface area contributed by atoms with E-state index in [4.69, 9.17) is 24.1 Å². The summed E-state index contributed by atoms with van der Waals surface area (Å²) in [4.78, 5) is 115. The van der Waals surface area contributed by atoms with Crippen LogP contribution in [0.4, 0.5) is 14.4 Å². The molecule has 0 aliphatic carbocycles. The Balaban J connectivity index is 0.000000304. The van der Waals surface area contributed by atoms with Crippen molar-refractivity contribution in [1.29, 1.82) is 0 Å². The molecule has 0 radical (unpaired) electrons. The van der Waals surface area contributed by atoms with E-state index in [1.807, 2.05) is 197 Å². The van der Waals surface area contributed by atoms with Gasteiger partial charge in [-0.1, -0.05) is 123 Å². The van der Waals surface area contributed by atoms with Gasteiger partial charge in [-0.15, -0.1) is 0 Å². The molecular formula is C85H103N13O10S4. The fourth-order valence-electron chi connectivity index (χ4n) is 14.1. The van der Waals surface area contributed by atoms with E-state index in [9.17, 15) is 24.0 Å². The van der Waals surface area contributed by atoms with Crippen LogP contribution in [0.5, 0.6) is 0 Å². The second-order valence-corrected chi connectivity index (χ2v) is 28.8. The first-order chi connectivity index (χ1) is 51.2. The second-order valence-electron chi connectivity index (χ2n) is 28.8. The molecule has 14 rings (SSSR count). The maximum atomic E-state index is 13.9. The Morgan fingerprint density at radius 1 is 0.509 bits per heavy atom. The number of hydrogen-bond donors (Lipinski definition) is 5. The molecule has 592 valence electrons. The summed E-state index contributed by atoms with van der Waals surface area (Å²) < 4.78 is 16.1. The van der Waals surface area contributed by atoms with Crippen LogP contribution in [0.25, 0.3) is 44.5 Å². The van der Waals surface area contributed by atoms with Crippen molar-refractivity contribution in [3.8, 4) is 46.2 Å². The molecule has 27 heteroatoms. The lowest BCUT2D eigenvalue weighted by Crippen LogP contribution is -2.42. The third kappa shape index (κ3) is 21.4. The Kier molecular flexibility index (Phi) is 31.3. The number of aromatic amines is 4. The topological polar surface area (TPSA) is 271 Å². The summed E-state index contributed by atoms with van der Waals surface area (Å²) >= 11 is 0. The maximum Gasteiger partial charge on any atom is 0.410 e. The van der Waals surface area contributed by atoms with E-state index in [-0.39, 0.29) is 117 Å². The van der Waals surface area contributed by atoms with Gasteiger partial charge >= 0.3 is 18.3 Å². The average Bonchev–Trinajstić information content (AvgIpc) is 1.64. The number of nitrogens with zero attached hydrogens (tertiary/aromatic N) is 8. The number of ether oxygens (including phenoxy) is 3. The molecule has 4 aliphatic heterocycles. The van der Waals surface area contributed by atoms with Crippen LogP contribution < -0.4 is 5.32 Å². The number of H-pyrrole nitrogens is 4. The molecule has 4 aliphatic rings. The van der Waals surface area contributed by atoms with E-state index in [0.717, 1.165) is 147 Å². The highest BCUT2D eigenvalue weighted by atomic mass is 32.1. The van der Waals surface area contributed by atoms with Crippen molar-refractivity contribution in [1.82, 2.24) is 59.8 Å². The fourth-order valence-corrected chi connectivity index (χ4v) is 14.1. The summed E-state index contributed by atoms with van der Waals surface area (Å²) in [5, 5.41) is 3.77. The quantitative estimate of drug-likeness (QED) is 0.0169. The Morgan fingerprint density at radius 3 is 1.49 bits per heavy atom. The number of fused-ring (bicyclic) bond motifs is 2. The number of likely N-dealkylation sites (tertiary alicyclic amines) is 4. The zero-order chi connectivity index (χ0) is 74.1. The molecule has 0 saturated carbocycles. The van der Waals surface area contributed by atoms with Crippen LogP contribution in [0.2, 0.25) is 0 Å². The van der Waals surface area contributed by atoms with Crippen LogP contribution in [0.3, 0.4) is 0 Å². The van der Waals surface area contributed by atoms with Crippen molar-refractivity contribution < 1.29 is 48.0 Å². The monoisotopic (exact) mass is 1590 g/mol. The number of alkyl carbamates (subject to hydrolysis) is 1. The zero-order valence-corrected chi connectivity index (χ0v) is 66.8. The van der Waals surface area contributed by atoms with Gasteiger partial charge in [-0.25, -0.2) is 34.3 Å². The number of carbonyl (C=O) groups excluding carboxylic acids is 5. The average molecular weight is 1600 g/mol. The minimum absolute atomic E-state index is 0. The van der Waals surface area contributed by atoms with Gasteiger partial charge in [0.05, 0.1) is 73.2 Å². The summed E-state index contributed by atoms with van der Waals surface area (Å²) in [7, 11) is 2.66. The first-order valence-electron chi connectivity index (χ1n) is 36.0. The van der Waals surface area contributed by atoms with E-state index in [2.05, 4.69) is 80.9 Å². The summed E-state index contributed by atoms with van der Waals surface area (Å²) in [5.41, 5.74) is 11.2. The van der Waals surface area contributed by atoms with Gasteiger partial charge in [-0.05, 0) is 182 Å². The normalized spacial score (nSPS) is 16.9. The third-order valence-corrected chi connectivity index (χ3v) is 19.1. The van der Waals surface area contributed by atoms with Crippen molar-refractivity contribution in [3.63, 3.8) is 0 Å². The highest BCUT2D eigenvalue weighted by Crippen LogP contribution is 2.39. The van der Waals surface area contributed by atoms with Crippen LogP contribution >= 0.6 is 54.0 Å². The zero-order valence-electron chi connectivity index (χ0n) is 62.8. The molecule has 5 N–H and O–H groups in total. The van der Waals surface area contributed by atoms with E-state index >= 15 is 0 Å². The Labute approximate surface area is 683 Å². The van der Waals surface area contributed by atoms with E-state index in [1.54, 1.807) is 16.0 Å². The predicted molar refractivity (Wildman–Crippen MR) is 457 cm³/mol. The molecule has 4 saturated heterocycles. The first-order valence-corrected chi connectivity index (χ1v) is 36.0. The number of aliphatic imine (C=N–C) groups is 1. The van der Waals surface area contributed by atoms with Gasteiger partial charge in [0, 0.05) is 65.0 Å². The van der Waals surface area contributed by atoms with Gasteiger partial charge in [0.25, 0.3) is 11.8 Å². The molecule has 4 fully saturated rings. The standard InChI is InChI=1S/C46H44N8O6.C37H43N5O4.2CH4.4H2S/c1-58-46(57)52-41(34-13-7-4-8-14-34)45(56)53-25-9-15-38(53)42-47-28-37(51-42)32-22-19-30(20-23-32)17-18-31-21-24-35-36(27-31)50-43(49-35)39-16-10-26-54(39)44(55)40(48-29-60-59-2)33-11-5-3-6-12-33;1-36(2,3)45-34(43)41-19-7-9-31(41)29-22-27-21-25(15-18-28(27)39-29)12-11-24-13-16-26(17-14-24)30-23-38-33(40-30)32-10-8-20-42(32)35(44)46-37(4,5)6;;;;;;/h3-8,11-14,19-24,27-29,38-41H,9-10,15-16,25-26H2,1-2H3,(H,47,51)(H,49,50)(H,52,57);13-18,21-23,31-32,39H,7-10,19-20H2,1-6H3,(H,38,40);2*1H4;4*1H2/t38-,39-,40+,41+;31-,32-;;;;;;/m00....../s1. The highest BCUT2D eigenvalue weighted by molar-refractivity contribution is 7.59. The minimum Gasteiger partial charge on any atom is -0.453 e. The molecule has 0 spiro atoms. The number of amides is 5. The van der Waals surface area contributed by atoms with Gasteiger partial charge in [0.1, 0.15) is 34.7 Å². The Hall–Kier alpha value is -10.6. The van der Waals surface area contributed by atoms with E-state index < -0.39 is 29.4 Å². The number of aromatic nitrogens is 7. The number of methoxy groups -OCH3 is 1. The van der Waals surface area contributed by atoms with Gasteiger partial charge in [-0.3, -0.25) is 19.4 Å². The molecule has 5 amide bonds. The number of hydrogen-bond acceptors (Lipinski definition) is 14. The van der Waals surface area contributed by atoms with E-state index in [1.165, 1.54) is 14.2 Å². The molecule has 112 heavy (non-hydrogen) atoms. The molecular weight excluding hydrogens is 1490 g/mol. The molecule has 0 bridgehead atoms. The second kappa shape index (κ2) is 39.6. The molecule has 0 unspecified atom stereocenters. The Morgan fingerprint density at radius 2 is 0.964 bits per heavy atom. The smallest absolute Gasteiger partial charge is 0.410 e. The molecule has 4 aromatic heterocycles. The molecule has 6 atom stereocenters. The van der Waals surface area contributed by atoms with Gasteiger partial charge in [0.15, 0.2) is 6.04 Å². The van der Waals surface area contributed by atoms with Gasteiger partial charge in [0.2, 0.25) is 6.40 Å². The number of carbonyl (C=O) groups is 5. The van der Waals surface area contributed by atoms with Crippen molar-refractivity contribution >= 4 is 112 Å². The molecule has 10 aromatic rings. The van der Waals surface area contributed by atoms with Crippen molar-refractivity contribution in [2.45, 2.75) is 155 Å². The summed E-state index contributed by atoms with van der Waals surface area (Å²) in [6.45, 7) is 13.8. The molecule has 6 aromatic carbocycles. The van der Waals surface area contributed by atoms with Crippen LogP contribution in [0.1, 0.15) is 201 Å². The maximum absolute atomic E-state index is 13.9. The van der Waals surface area contributed by atoms with Crippen LogP contribution in [-0.2, 0) is 33.6 Å². The molecule has 23 nitrogen and oxygen atoms in total. The van der Waals surface area contributed by atoms with Gasteiger partial charge in [-0.2, -0.15) is 58.9 Å². The largest absolute Gasteiger partial charge is 0.453 e. The third-order valence-electron chi connectivity index (χ3n) is 19.1. The summed E-state index contributed by atoms with van der Waals surface area (Å²) in [6.07, 6.45) is 10.3. The number of benzene rings is 6. The van der Waals surface area contributed by atoms with Crippen LogP contribution in [-0.4, -0.2) is 143 Å². The summed E-state index contributed by atoms with van der Waals surface area (Å²) in [6, 6.07) is 46.3. The van der Waals surface area contributed by atoms with Crippen molar-refractivity contribution in [2.24, 2.45) is 4.99 Å². The van der Waals surface area contributed by atoms with Gasteiger partial charge < -0.3 is 54.2 Å². The van der Waals surface area contributed by atoms with Crippen LogP contribution in [0, 0.1) is 23.7 Å². The van der Waals surface area contributed by atoms with Crippen molar-refractivity contribution in [3.05, 3.63) is 221 Å². The number of rotatable bonds is 14. The summed E-state index contributed by atoms with van der Waals surface area (Å²) in [5.74, 6) is 15.0. The van der Waals surface area contributed by atoms with Crippen LogP contribution in [0.15, 0.2) is 169 Å². The van der Waals surface area contributed by atoms with E-state index in [0.29, 0.717) is 37.6 Å². The SMILES string of the molecule is C.C.CC(C)(C)OC(=O)N1CCC[C@H]1c1cc2cc(C#Cc3ccc(-c4cnc([C@@H]5CCCN5C(=O)OC(C)(C)C)[nH]4)cc3)ccc2[nH]1.COOC=N[C@@H](C(=O)N1CCC[C@H]1c1nc2ccc(C#Cc3ccc(-c4cnc([C@@H]5CCCN5C(=O)[C@H](NC(=O)OC)c5ccccc5)[nH]4)cc3)cc2[nH]1)c1ccccc1.S.S.S.S. The number of nitrogens with one attached hydrogen (secondary N) is 5. The first kappa shape index (κ1) is 88.7. The minimum atomic E-state index is -0.885. The Bertz CT molecular complexity index is 4980. The number of imidazole rings is 3. The lowest BCUT2D eigenvalue weighted by Gasteiger charge is -2.28. The molecule has 8 heterocycles. The highest BCUT2D eigenvalue weighted by Gasteiger charge is 2.40. The predicted octanol–water partition coefficient (Wildman–Crippen LogP) is 16.9. The fraction of sp³-hybridized carbons (Fsp3) is 0.353.